The van der Waals surface area contributed by atoms with E-state index in [0.717, 1.165) is 12.1 Å². The minimum Gasteiger partial charge on any atom is -0.394 e. The predicted octanol–water partition coefficient (Wildman–Crippen LogP) is 0.922. The third-order valence-corrected chi connectivity index (χ3v) is 2.34. The molecule has 0 aromatic heterocycles. The first kappa shape index (κ1) is 14.8. The normalized spacial score (nSPS) is 11.9. The molecule has 9 nitrogen and oxygen atoms in total. The van der Waals surface area contributed by atoms with Gasteiger partial charge in [-0.15, -0.1) is 0 Å². The second kappa shape index (κ2) is 6.61. The van der Waals surface area contributed by atoms with Crippen LogP contribution in [-0.2, 0) is 4.74 Å². The maximum absolute atomic E-state index is 10.9. The summed E-state index contributed by atoms with van der Waals surface area (Å²) in [5.41, 5.74) is -0.708. The van der Waals surface area contributed by atoms with Crippen LogP contribution in [0.2, 0.25) is 0 Å². The van der Waals surface area contributed by atoms with E-state index in [1.54, 1.807) is 0 Å². The van der Waals surface area contributed by atoms with E-state index < -0.39 is 21.6 Å². The minimum absolute atomic E-state index is 0.0895. The predicted molar refractivity (Wildman–Crippen MR) is 66.1 cm³/mol. The molecule has 0 heterocycles. The van der Waals surface area contributed by atoms with Crippen LogP contribution in [0.3, 0.4) is 0 Å². The Hall–Kier alpha value is -2.26. The maximum Gasteiger partial charge on any atom is 0.299 e. The number of aliphatic hydroxyl groups is 1. The van der Waals surface area contributed by atoms with Crippen molar-refractivity contribution in [3.05, 3.63) is 38.4 Å². The fourth-order valence-corrected chi connectivity index (χ4v) is 1.47. The summed E-state index contributed by atoms with van der Waals surface area (Å²) in [7, 11) is 1.43. The molecule has 0 saturated heterocycles. The van der Waals surface area contributed by atoms with E-state index in [-0.39, 0.29) is 24.6 Å². The molecule has 0 amide bonds. The first-order valence-corrected chi connectivity index (χ1v) is 5.28. The van der Waals surface area contributed by atoms with Gasteiger partial charge in [-0.3, -0.25) is 20.2 Å². The van der Waals surface area contributed by atoms with E-state index in [1.165, 1.54) is 13.2 Å². The molecule has 1 aromatic rings. The van der Waals surface area contributed by atoms with Gasteiger partial charge in [0.1, 0.15) is 5.69 Å². The van der Waals surface area contributed by atoms with Crippen molar-refractivity contribution in [1.29, 1.82) is 0 Å². The summed E-state index contributed by atoms with van der Waals surface area (Å²) >= 11 is 0. The highest BCUT2D eigenvalue weighted by Gasteiger charge is 2.21. The highest BCUT2D eigenvalue weighted by Crippen LogP contribution is 2.29. The number of nitro groups is 2. The summed E-state index contributed by atoms with van der Waals surface area (Å²) in [6, 6.07) is 2.71. The fraction of sp³-hybridized carbons (Fsp3) is 0.400. The topological polar surface area (TPSA) is 128 Å². The standard InChI is InChI=1S/C10H13N3O6/c1-19-6-7(5-14)11-9-3-2-8(12(15)16)4-10(9)13(17)18/h2-4,7,11,14H,5-6H2,1H3. The molecule has 0 aliphatic rings. The molecule has 19 heavy (non-hydrogen) atoms. The van der Waals surface area contributed by atoms with Gasteiger partial charge in [-0.05, 0) is 6.07 Å². The zero-order valence-electron chi connectivity index (χ0n) is 10.1. The minimum atomic E-state index is -0.726. The Kier molecular flexibility index (Phi) is 5.15. The number of hydrogen-bond acceptors (Lipinski definition) is 7. The van der Waals surface area contributed by atoms with Crippen molar-refractivity contribution in [1.82, 2.24) is 0 Å². The molecular formula is C10H13N3O6. The van der Waals surface area contributed by atoms with Crippen LogP contribution in [-0.4, -0.2) is 41.3 Å². The van der Waals surface area contributed by atoms with E-state index in [1.807, 2.05) is 0 Å². The Morgan fingerprint density at radius 1 is 1.37 bits per heavy atom. The quantitative estimate of drug-likeness (QED) is 0.557. The van der Waals surface area contributed by atoms with Gasteiger partial charge in [-0.1, -0.05) is 0 Å². The summed E-state index contributed by atoms with van der Waals surface area (Å²) in [6.07, 6.45) is 0. The molecule has 0 aliphatic carbocycles. The van der Waals surface area contributed by atoms with Crippen molar-refractivity contribution in [3.63, 3.8) is 0 Å². The lowest BCUT2D eigenvalue weighted by Gasteiger charge is -2.16. The Balaban J connectivity index is 3.06. The van der Waals surface area contributed by atoms with Gasteiger partial charge in [-0.2, -0.15) is 0 Å². The van der Waals surface area contributed by atoms with Crippen LogP contribution in [0.25, 0.3) is 0 Å². The fourth-order valence-electron chi connectivity index (χ4n) is 1.47. The number of nitrogens with one attached hydrogen (secondary N) is 1. The van der Waals surface area contributed by atoms with Crippen molar-refractivity contribution in [3.8, 4) is 0 Å². The van der Waals surface area contributed by atoms with Crippen molar-refractivity contribution < 1.29 is 19.7 Å². The number of aliphatic hydroxyl groups excluding tert-OH is 1. The molecule has 9 heteroatoms. The number of ether oxygens (including phenoxy) is 1. The average molecular weight is 271 g/mol. The first-order chi connectivity index (χ1) is 8.99. The number of nitro benzene ring substituents is 2. The van der Waals surface area contributed by atoms with Crippen LogP contribution >= 0.6 is 0 Å². The third kappa shape index (κ3) is 3.86. The summed E-state index contributed by atoms with van der Waals surface area (Å²) in [6.45, 7) is -0.146. The molecule has 0 fully saturated rings. The number of nitrogens with zero attached hydrogens (tertiary/aromatic N) is 2. The summed E-state index contributed by atoms with van der Waals surface area (Å²) in [4.78, 5) is 20.0. The summed E-state index contributed by atoms with van der Waals surface area (Å²) < 4.78 is 4.83. The van der Waals surface area contributed by atoms with Gasteiger partial charge in [0.25, 0.3) is 11.4 Å². The lowest BCUT2D eigenvalue weighted by Crippen LogP contribution is -2.29. The van der Waals surface area contributed by atoms with Gasteiger partial charge >= 0.3 is 0 Å². The second-order valence-corrected chi connectivity index (χ2v) is 3.69. The van der Waals surface area contributed by atoms with Gasteiger partial charge in [0.05, 0.1) is 35.2 Å². The molecule has 1 unspecified atom stereocenters. The Morgan fingerprint density at radius 3 is 2.53 bits per heavy atom. The molecule has 1 aromatic carbocycles. The average Bonchev–Trinajstić information content (AvgIpc) is 2.37. The van der Waals surface area contributed by atoms with Crippen molar-refractivity contribution >= 4 is 17.1 Å². The molecule has 0 aliphatic heterocycles. The van der Waals surface area contributed by atoms with Crippen molar-refractivity contribution in [2.45, 2.75) is 6.04 Å². The number of anilines is 1. The number of methoxy groups -OCH3 is 1. The zero-order chi connectivity index (χ0) is 14.4. The number of rotatable bonds is 7. The Morgan fingerprint density at radius 2 is 2.05 bits per heavy atom. The highest BCUT2D eigenvalue weighted by molar-refractivity contribution is 5.65. The van der Waals surface area contributed by atoms with E-state index in [4.69, 9.17) is 9.84 Å². The van der Waals surface area contributed by atoms with Crippen LogP contribution in [0.4, 0.5) is 17.1 Å². The summed E-state index contributed by atoms with van der Waals surface area (Å²) in [5.74, 6) is 0. The number of hydrogen-bond donors (Lipinski definition) is 2. The van der Waals surface area contributed by atoms with E-state index in [2.05, 4.69) is 5.32 Å². The summed E-state index contributed by atoms with van der Waals surface area (Å²) in [5, 5.41) is 33.2. The van der Waals surface area contributed by atoms with Gasteiger partial charge in [0.15, 0.2) is 0 Å². The van der Waals surface area contributed by atoms with Crippen LogP contribution < -0.4 is 5.32 Å². The molecule has 2 N–H and O–H groups in total. The van der Waals surface area contributed by atoms with Gasteiger partial charge in [0, 0.05) is 13.2 Å². The largest absolute Gasteiger partial charge is 0.394 e. The van der Waals surface area contributed by atoms with Gasteiger partial charge in [-0.25, -0.2) is 0 Å². The molecular weight excluding hydrogens is 258 g/mol. The SMILES string of the molecule is COCC(CO)Nc1ccc([N+](=O)[O-])cc1[N+](=O)[O-]. The van der Waals surface area contributed by atoms with Crippen LogP contribution in [0.1, 0.15) is 0 Å². The monoisotopic (exact) mass is 271 g/mol. The van der Waals surface area contributed by atoms with E-state index in [9.17, 15) is 20.2 Å². The molecule has 0 radical (unpaired) electrons. The lowest BCUT2D eigenvalue weighted by atomic mass is 10.2. The maximum atomic E-state index is 10.9. The van der Waals surface area contributed by atoms with Crippen molar-refractivity contribution in [2.75, 3.05) is 25.6 Å². The second-order valence-electron chi connectivity index (χ2n) is 3.69. The number of benzene rings is 1. The van der Waals surface area contributed by atoms with Crippen LogP contribution in [0.15, 0.2) is 18.2 Å². The molecule has 1 rings (SSSR count). The first-order valence-electron chi connectivity index (χ1n) is 5.28. The lowest BCUT2D eigenvalue weighted by molar-refractivity contribution is -0.393. The molecule has 0 bridgehead atoms. The molecule has 0 saturated carbocycles. The smallest absolute Gasteiger partial charge is 0.299 e. The Bertz CT molecular complexity index is 478. The van der Waals surface area contributed by atoms with Gasteiger partial charge < -0.3 is 15.2 Å². The van der Waals surface area contributed by atoms with E-state index >= 15 is 0 Å². The van der Waals surface area contributed by atoms with Gasteiger partial charge in [0.2, 0.25) is 0 Å². The van der Waals surface area contributed by atoms with Crippen LogP contribution in [0, 0.1) is 20.2 Å². The Labute approximate surface area is 108 Å². The molecule has 0 spiro atoms. The molecule has 104 valence electrons. The van der Waals surface area contributed by atoms with Crippen LogP contribution in [0.5, 0.6) is 0 Å². The highest BCUT2D eigenvalue weighted by atomic mass is 16.6. The zero-order valence-corrected chi connectivity index (χ0v) is 10.1. The van der Waals surface area contributed by atoms with Crippen molar-refractivity contribution in [2.24, 2.45) is 0 Å². The number of non-ortho nitro benzene ring substituents is 1. The van der Waals surface area contributed by atoms with E-state index in [0.29, 0.717) is 0 Å². The molecule has 1 atom stereocenters. The third-order valence-electron chi connectivity index (χ3n) is 2.34.